The fourth-order valence-electron chi connectivity index (χ4n) is 1.74. The Morgan fingerprint density at radius 3 is 2.53 bits per heavy atom. The van der Waals surface area contributed by atoms with Crippen LogP contribution in [0.25, 0.3) is 0 Å². The van der Waals surface area contributed by atoms with Crippen molar-refractivity contribution in [1.29, 1.82) is 0 Å². The van der Waals surface area contributed by atoms with Crippen molar-refractivity contribution in [2.75, 3.05) is 11.6 Å². The Bertz CT molecular complexity index is 530. The van der Waals surface area contributed by atoms with Crippen molar-refractivity contribution in [3.63, 3.8) is 0 Å². The van der Waals surface area contributed by atoms with E-state index in [2.05, 4.69) is 0 Å². The van der Waals surface area contributed by atoms with Crippen LogP contribution in [-0.2, 0) is 4.79 Å². The van der Waals surface area contributed by atoms with Gasteiger partial charge < -0.3 is 10.0 Å². The van der Waals surface area contributed by atoms with Crippen LogP contribution < -0.4 is 0 Å². The van der Waals surface area contributed by atoms with E-state index in [0.717, 1.165) is 0 Å². The summed E-state index contributed by atoms with van der Waals surface area (Å²) in [5.41, 5.74) is 0.140. The van der Waals surface area contributed by atoms with Crippen molar-refractivity contribution in [2.24, 2.45) is 0 Å². The third-order valence-electron chi connectivity index (χ3n) is 2.75. The van der Waals surface area contributed by atoms with Gasteiger partial charge in [0.1, 0.15) is 6.04 Å². The van der Waals surface area contributed by atoms with Crippen LogP contribution in [0.1, 0.15) is 10.4 Å². The highest BCUT2D eigenvalue weighted by Gasteiger charge is 2.35. The molecule has 1 heterocycles. The normalized spacial score (nSPS) is 18.3. The number of nitrogens with zero attached hydrogens (tertiary/aromatic N) is 2. The minimum absolute atomic E-state index is 0.109. The highest BCUT2D eigenvalue weighted by Crippen LogP contribution is 2.24. The number of rotatable bonds is 3. The lowest BCUT2D eigenvalue weighted by Crippen LogP contribution is -2.41. The Morgan fingerprint density at radius 2 is 2.00 bits per heavy atom. The first kappa shape index (κ1) is 13.3. The summed E-state index contributed by atoms with van der Waals surface area (Å²) < 4.78 is 0. The molecule has 8 heteroatoms. The SMILES string of the molecule is O=C(O)[C@@H]1CSCN1C(=O)c1ccc([N+](=O)[O-])cc1. The molecule has 7 nitrogen and oxygen atoms in total. The van der Waals surface area contributed by atoms with Gasteiger partial charge >= 0.3 is 5.97 Å². The Hall–Kier alpha value is -2.09. The van der Waals surface area contributed by atoms with Crippen LogP contribution >= 0.6 is 11.8 Å². The number of carbonyl (C=O) groups excluding carboxylic acids is 1. The standard InChI is InChI=1S/C11H10N2O5S/c14-10(12-6-19-5-9(12)11(15)16)7-1-3-8(4-2-7)13(17)18/h1-4,9H,5-6H2,(H,15,16)/t9-/m0/s1. The second-order valence-electron chi connectivity index (χ2n) is 3.93. The quantitative estimate of drug-likeness (QED) is 0.660. The van der Waals surface area contributed by atoms with Gasteiger partial charge in [-0.05, 0) is 12.1 Å². The van der Waals surface area contributed by atoms with E-state index < -0.39 is 22.8 Å². The molecule has 1 amide bonds. The molecule has 1 fully saturated rings. The van der Waals surface area contributed by atoms with E-state index in [1.165, 1.54) is 40.9 Å². The third-order valence-corrected chi connectivity index (χ3v) is 3.77. The first-order valence-electron chi connectivity index (χ1n) is 5.36. The zero-order valence-electron chi connectivity index (χ0n) is 9.68. The lowest BCUT2D eigenvalue weighted by atomic mass is 10.1. The van der Waals surface area contributed by atoms with Gasteiger partial charge in [0, 0.05) is 23.4 Å². The predicted molar refractivity (Wildman–Crippen MR) is 68.0 cm³/mol. The molecule has 1 aromatic carbocycles. The molecule has 1 atom stereocenters. The summed E-state index contributed by atoms with van der Waals surface area (Å²) in [7, 11) is 0. The molecular weight excluding hydrogens is 272 g/mol. The minimum Gasteiger partial charge on any atom is -0.480 e. The number of nitro benzene ring substituents is 1. The molecule has 1 aliphatic heterocycles. The number of carboxylic acid groups (broad SMARTS) is 1. The Kier molecular flexibility index (Phi) is 3.70. The molecule has 0 unspecified atom stereocenters. The average molecular weight is 282 g/mol. The number of amides is 1. The van der Waals surface area contributed by atoms with Crippen LogP contribution in [-0.4, -0.2) is 44.5 Å². The summed E-state index contributed by atoms with van der Waals surface area (Å²) in [6.45, 7) is 0. The number of carbonyl (C=O) groups is 2. The maximum absolute atomic E-state index is 12.1. The van der Waals surface area contributed by atoms with Gasteiger partial charge in [-0.25, -0.2) is 4.79 Å². The number of hydrogen-bond donors (Lipinski definition) is 1. The molecule has 1 aromatic rings. The minimum atomic E-state index is -1.04. The fraction of sp³-hybridized carbons (Fsp3) is 0.273. The van der Waals surface area contributed by atoms with E-state index in [4.69, 9.17) is 5.11 Å². The second kappa shape index (κ2) is 5.27. The number of nitro groups is 1. The molecule has 1 saturated heterocycles. The Labute approximate surface area is 112 Å². The Morgan fingerprint density at radius 1 is 1.37 bits per heavy atom. The highest BCUT2D eigenvalue weighted by atomic mass is 32.2. The van der Waals surface area contributed by atoms with E-state index in [9.17, 15) is 19.7 Å². The third kappa shape index (κ3) is 2.68. The second-order valence-corrected chi connectivity index (χ2v) is 4.93. The summed E-state index contributed by atoms with van der Waals surface area (Å²) in [6.07, 6.45) is 0. The molecule has 100 valence electrons. The van der Waals surface area contributed by atoms with Gasteiger partial charge in [-0.2, -0.15) is 0 Å². The molecule has 2 rings (SSSR count). The van der Waals surface area contributed by atoms with Crippen LogP contribution in [0.15, 0.2) is 24.3 Å². The van der Waals surface area contributed by atoms with E-state index in [-0.39, 0.29) is 11.3 Å². The van der Waals surface area contributed by atoms with Gasteiger partial charge in [-0.1, -0.05) is 0 Å². The molecule has 0 saturated carbocycles. The lowest BCUT2D eigenvalue weighted by Gasteiger charge is -2.20. The van der Waals surface area contributed by atoms with Crippen LogP contribution in [0.4, 0.5) is 5.69 Å². The topological polar surface area (TPSA) is 101 Å². The number of benzene rings is 1. The van der Waals surface area contributed by atoms with E-state index in [1.54, 1.807) is 0 Å². The van der Waals surface area contributed by atoms with Crippen molar-refractivity contribution >= 4 is 29.3 Å². The largest absolute Gasteiger partial charge is 0.480 e. The average Bonchev–Trinajstić information content (AvgIpc) is 2.87. The fourth-order valence-corrected chi connectivity index (χ4v) is 2.88. The maximum Gasteiger partial charge on any atom is 0.327 e. The van der Waals surface area contributed by atoms with Crippen molar-refractivity contribution in [1.82, 2.24) is 4.90 Å². The van der Waals surface area contributed by atoms with Crippen molar-refractivity contribution in [2.45, 2.75) is 6.04 Å². The number of carboxylic acids is 1. The lowest BCUT2D eigenvalue weighted by molar-refractivity contribution is -0.384. The van der Waals surface area contributed by atoms with Crippen LogP contribution in [0.5, 0.6) is 0 Å². The van der Waals surface area contributed by atoms with Crippen molar-refractivity contribution in [3.05, 3.63) is 39.9 Å². The van der Waals surface area contributed by atoms with Gasteiger partial charge in [0.05, 0.1) is 10.8 Å². The summed E-state index contributed by atoms with van der Waals surface area (Å²) in [4.78, 5) is 34.3. The van der Waals surface area contributed by atoms with E-state index >= 15 is 0 Å². The summed E-state index contributed by atoms with van der Waals surface area (Å²) in [5, 5.41) is 19.5. The van der Waals surface area contributed by atoms with Crippen LogP contribution in [0.2, 0.25) is 0 Å². The molecule has 1 aliphatic rings. The summed E-state index contributed by atoms with van der Waals surface area (Å²) >= 11 is 1.37. The first-order valence-corrected chi connectivity index (χ1v) is 6.52. The molecule has 0 bridgehead atoms. The molecule has 0 aromatic heterocycles. The van der Waals surface area contributed by atoms with Gasteiger partial charge in [0.25, 0.3) is 11.6 Å². The summed E-state index contributed by atoms with van der Waals surface area (Å²) in [5.74, 6) is -0.798. The highest BCUT2D eigenvalue weighted by molar-refractivity contribution is 7.99. The molecule has 1 N–H and O–H groups in total. The van der Waals surface area contributed by atoms with Crippen LogP contribution in [0, 0.1) is 10.1 Å². The predicted octanol–water partition coefficient (Wildman–Crippen LogP) is 1.19. The monoisotopic (exact) mass is 282 g/mol. The van der Waals surface area contributed by atoms with Gasteiger partial charge in [-0.15, -0.1) is 11.8 Å². The first-order chi connectivity index (χ1) is 9.00. The van der Waals surface area contributed by atoms with Gasteiger partial charge in [0.15, 0.2) is 0 Å². The van der Waals surface area contributed by atoms with Gasteiger partial charge in [-0.3, -0.25) is 14.9 Å². The maximum atomic E-state index is 12.1. The zero-order chi connectivity index (χ0) is 14.0. The van der Waals surface area contributed by atoms with E-state index in [0.29, 0.717) is 11.6 Å². The van der Waals surface area contributed by atoms with Crippen LogP contribution in [0.3, 0.4) is 0 Å². The molecule has 0 spiro atoms. The Balaban J connectivity index is 2.19. The van der Waals surface area contributed by atoms with Crippen molar-refractivity contribution in [3.8, 4) is 0 Å². The number of hydrogen-bond acceptors (Lipinski definition) is 5. The summed E-state index contributed by atoms with van der Waals surface area (Å²) in [6, 6.07) is 4.29. The number of thioether (sulfide) groups is 1. The molecular formula is C11H10N2O5S. The van der Waals surface area contributed by atoms with Gasteiger partial charge in [0.2, 0.25) is 0 Å². The molecule has 0 radical (unpaired) electrons. The zero-order valence-corrected chi connectivity index (χ0v) is 10.5. The number of aliphatic carboxylic acids is 1. The number of non-ortho nitro benzene ring substituents is 1. The smallest absolute Gasteiger partial charge is 0.327 e. The van der Waals surface area contributed by atoms with E-state index in [1.807, 2.05) is 0 Å². The molecule has 0 aliphatic carbocycles. The molecule has 19 heavy (non-hydrogen) atoms. The van der Waals surface area contributed by atoms with Crippen molar-refractivity contribution < 1.29 is 19.6 Å².